The molecule has 1 aromatic carbocycles. The zero-order valence-electron chi connectivity index (χ0n) is 10.5. The third-order valence-corrected chi connectivity index (χ3v) is 2.59. The van der Waals surface area contributed by atoms with Crippen LogP contribution in [0.1, 0.15) is 13.3 Å². The highest BCUT2D eigenvalue weighted by molar-refractivity contribution is 5.71. The number of nitro benzene ring substituents is 1. The molecule has 6 heteroatoms. The van der Waals surface area contributed by atoms with E-state index in [9.17, 15) is 10.1 Å². The molecule has 98 valence electrons. The van der Waals surface area contributed by atoms with Crippen LogP contribution in [0.5, 0.6) is 0 Å². The summed E-state index contributed by atoms with van der Waals surface area (Å²) in [5, 5.41) is 13.8. The minimum Gasteiger partial charge on any atom is -0.368 e. The van der Waals surface area contributed by atoms with Crippen LogP contribution < -0.4 is 5.32 Å². The molecule has 2 rings (SSSR count). The molecule has 0 fully saturated rings. The van der Waals surface area contributed by atoms with Crippen LogP contribution in [0, 0.1) is 10.1 Å². The Hall–Kier alpha value is -2.50. The van der Waals surface area contributed by atoms with Crippen molar-refractivity contribution < 1.29 is 4.92 Å². The topological polar surface area (TPSA) is 81.0 Å². The molecule has 6 nitrogen and oxygen atoms in total. The predicted octanol–water partition coefficient (Wildman–Crippen LogP) is 2.87. The quantitative estimate of drug-likeness (QED) is 0.658. The molecule has 0 saturated carbocycles. The van der Waals surface area contributed by atoms with Crippen LogP contribution in [0.2, 0.25) is 0 Å². The summed E-state index contributed by atoms with van der Waals surface area (Å²) in [6, 6.07) is 6.29. The number of rotatable bonds is 5. The number of anilines is 1. The number of nitro groups is 1. The first kappa shape index (κ1) is 12.9. The maximum atomic E-state index is 10.6. The van der Waals surface area contributed by atoms with Crippen LogP contribution in [-0.2, 0) is 0 Å². The molecule has 2 aromatic rings. The molecule has 0 aliphatic rings. The van der Waals surface area contributed by atoms with E-state index in [0.717, 1.165) is 18.5 Å². The first-order valence-corrected chi connectivity index (χ1v) is 6.02. The molecule has 0 aliphatic heterocycles. The van der Waals surface area contributed by atoms with Crippen molar-refractivity contribution in [1.29, 1.82) is 0 Å². The Bertz CT molecular complexity index is 569. The van der Waals surface area contributed by atoms with Gasteiger partial charge < -0.3 is 5.32 Å². The standard InChI is InChI=1S/C13H14N4O2/c1-2-7-15-13-12(14-8-9-16-13)10-3-5-11(6-4-10)17(18)19/h3-6,8-9H,2,7H2,1H3,(H,15,16). The summed E-state index contributed by atoms with van der Waals surface area (Å²) in [5.41, 5.74) is 1.57. The van der Waals surface area contributed by atoms with Crippen molar-refractivity contribution in [2.24, 2.45) is 0 Å². The van der Waals surface area contributed by atoms with Gasteiger partial charge in [-0.3, -0.25) is 15.1 Å². The van der Waals surface area contributed by atoms with Crippen molar-refractivity contribution in [3.05, 3.63) is 46.8 Å². The molecule has 0 bridgehead atoms. The van der Waals surface area contributed by atoms with E-state index in [-0.39, 0.29) is 5.69 Å². The van der Waals surface area contributed by atoms with Gasteiger partial charge >= 0.3 is 0 Å². The maximum Gasteiger partial charge on any atom is 0.269 e. The third-order valence-electron chi connectivity index (χ3n) is 2.59. The number of hydrogen-bond acceptors (Lipinski definition) is 5. The monoisotopic (exact) mass is 258 g/mol. The van der Waals surface area contributed by atoms with E-state index in [4.69, 9.17) is 0 Å². The Morgan fingerprint density at radius 2 is 1.89 bits per heavy atom. The first-order chi connectivity index (χ1) is 9.22. The Morgan fingerprint density at radius 1 is 1.21 bits per heavy atom. The number of hydrogen-bond donors (Lipinski definition) is 1. The molecule has 1 heterocycles. The van der Waals surface area contributed by atoms with Crippen molar-refractivity contribution in [2.45, 2.75) is 13.3 Å². The fraction of sp³-hybridized carbons (Fsp3) is 0.231. The zero-order valence-corrected chi connectivity index (χ0v) is 10.5. The van der Waals surface area contributed by atoms with Crippen molar-refractivity contribution in [1.82, 2.24) is 9.97 Å². The lowest BCUT2D eigenvalue weighted by atomic mass is 10.1. The minimum absolute atomic E-state index is 0.0655. The Labute approximate surface area is 110 Å². The van der Waals surface area contributed by atoms with Gasteiger partial charge in [0.25, 0.3) is 5.69 Å². The van der Waals surface area contributed by atoms with Crippen molar-refractivity contribution in [2.75, 3.05) is 11.9 Å². The summed E-state index contributed by atoms with van der Waals surface area (Å²) in [6.45, 7) is 2.87. The lowest BCUT2D eigenvalue weighted by Gasteiger charge is -2.08. The fourth-order valence-corrected chi connectivity index (χ4v) is 1.66. The normalized spacial score (nSPS) is 10.2. The first-order valence-electron chi connectivity index (χ1n) is 6.02. The molecule has 1 aromatic heterocycles. The van der Waals surface area contributed by atoms with E-state index < -0.39 is 4.92 Å². The summed E-state index contributed by atoms with van der Waals surface area (Å²) < 4.78 is 0. The lowest BCUT2D eigenvalue weighted by Crippen LogP contribution is -2.04. The summed E-state index contributed by atoms with van der Waals surface area (Å²) in [5.74, 6) is 0.693. The molecule has 0 spiro atoms. The Morgan fingerprint density at radius 3 is 2.53 bits per heavy atom. The third kappa shape index (κ3) is 3.04. The second-order valence-electron chi connectivity index (χ2n) is 3.98. The van der Waals surface area contributed by atoms with Gasteiger partial charge in [-0.05, 0) is 18.6 Å². The zero-order chi connectivity index (χ0) is 13.7. The number of benzene rings is 1. The summed E-state index contributed by atoms with van der Waals surface area (Å²) in [7, 11) is 0. The molecule has 0 amide bonds. The van der Waals surface area contributed by atoms with Crippen LogP contribution in [0.25, 0.3) is 11.3 Å². The fourth-order valence-electron chi connectivity index (χ4n) is 1.66. The largest absolute Gasteiger partial charge is 0.368 e. The van der Waals surface area contributed by atoms with E-state index in [2.05, 4.69) is 22.2 Å². The molecule has 1 N–H and O–H groups in total. The maximum absolute atomic E-state index is 10.6. The summed E-state index contributed by atoms with van der Waals surface area (Å²) in [6.07, 6.45) is 4.21. The lowest BCUT2D eigenvalue weighted by molar-refractivity contribution is -0.384. The SMILES string of the molecule is CCCNc1nccnc1-c1ccc([N+](=O)[O-])cc1. The van der Waals surface area contributed by atoms with Gasteiger partial charge in [0.1, 0.15) is 5.69 Å². The average molecular weight is 258 g/mol. The van der Waals surface area contributed by atoms with Gasteiger partial charge in [-0.2, -0.15) is 0 Å². The highest BCUT2D eigenvalue weighted by atomic mass is 16.6. The van der Waals surface area contributed by atoms with E-state index in [0.29, 0.717) is 11.5 Å². The van der Waals surface area contributed by atoms with Gasteiger partial charge in [0.05, 0.1) is 4.92 Å². The van der Waals surface area contributed by atoms with Gasteiger partial charge in [-0.25, -0.2) is 4.98 Å². The van der Waals surface area contributed by atoms with Crippen LogP contribution in [-0.4, -0.2) is 21.4 Å². The van der Waals surface area contributed by atoms with E-state index >= 15 is 0 Å². The van der Waals surface area contributed by atoms with Gasteiger partial charge in [0.2, 0.25) is 0 Å². The minimum atomic E-state index is -0.420. The van der Waals surface area contributed by atoms with Gasteiger partial charge in [-0.1, -0.05) is 6.92 Å². The van der Waals surface area contributed by atoms with E-state index in [1.165, 1.54) is 12.1 Å². The van der Waals surface area contributed by atoms with E-state index in [1.54, 1.807) is 24.5 Å². The van der Waals surface area contributed by atoms with E-state index in [1.807, 2.05) is 0 Å². The molecule has 0 unspecified atom stereocenters. The predicted molar refractivity (Wildman–Crippen MR) is 72.9 cm³/mol. The average Bonchev–Trinajstić information content (AvgIpc) is 2.45. The van der Waals surface area contributed by atoms with Gasteiger partial charge in [0.15, 0.2) is 5.82 Å². The van der Waals surface area contributed by atoms with Crippen molar-refractivity contribution >= 4 is 11.5 Å². The highest BCUT2D eigenvalue weighted by Gasteiger charge is 2.09. The summed E-state index contributed by atoms with van der Waals surface area (Å²) in [4.78, 5) is 18.7. The van der Waals surface area contributed by atoms with Gasteiger partial charge in [0, 0.05) is 36.6 Å². The molecule has 19 heavy (non-hydrogen) atoms. The molecule has 0 atom stereocenters. The van der Waals surface area contributed by atoms with Crippen molar-refractivity contribution in [3.8, 4) is 11.3 Å². The second kappa shape index (κ2) is 5.90. The smallest absolute Gasteiger partial charge is 0.269 e. The molecule has 0 aliphatic carbocycles. The number of nitrogens with zero attached hydrogens (tertiary/aromatic N) is 3. The van der Waals surface area contributed by atoms with Gasteiger partial charge in [-0.15, -0.1) is 0 Å². The highest BCUT2D eigenvalue weighted by Crippen LogP contribution is 2.25. The number of aromatic nitrogens is 2. The van der Waals surface area contributed by atoms with Crippen LogP contribution in [0.15, 0.2) is 36.7 Å². The van der Waals surface area contributed by atoms with Crippen LogP contribution in [0.4, 0.5) is 11.5 Å². The molecular formula is C13H14N4O2. The number of nitrogens with one attached hydrogen (secondary N) is 1. The van der Waals surface area contributed by atoms with Crippen LogP contribution in [0.3, 0.4) is 0 Å². The number of non-ortho nitro benzene ring substituents is 1. The Kier molecular flexibility index (Phi) is 4.02. The van der Waals surface area contributed by atoms with Crippen LogP contribution >= 0.6 is 0 Å². The Balaban J connectivity index is 2.32. The summed E-state index contributed by atoms with van der Waals surface area (Å²) >= 11 is 0. The van der Waals surface area contributed by atoms with Crippen molar-refractivity contribution in [3.63, 3.8) is 0 Å². The molecular weight excluding hydrogens is 244 g/mol. The second-order valence-corrected chi connectivity index (χ2v) is 3.98. The molecule has 0 saturated heterocycles. The molecule has 0 radical (unpaired) electrons.